The molecule has 0 saturated heterocycles. The summed E-state index contributed by atoms with van der Waals surface area (Å²) in [5.41, 5.74) is 5.23. The number of hydrogen-bond donors (Lipinski definition) is 2. The molecule has 0 aliphatic heterocycles. The van der Waals surface area contributed by atoms with Crippen LogP contribution in [0.2, 0.25) is 0 Å². The molecular weight excluding hydrogens is 463 g/mol. The number of imidazole rings is 1. The molecule has 0 saturated carbocycles. The van der Waals surface area contributed by atoms with E-state index in [0.717, 1.165) is 28.4 Å². The third-order valence-electron chi connectivity index (χ3n) is 6.35. The summed E-state index contributed by atoms with van der Waals surface area (Å²) in [6.07, 6.45) is 3.73. The van der Waals surface area contributed by atoms with Crippen molar-refractivity contribution in [1.29, 1.82) is 0 Å². The Bertz CT molecular complexity index is 1530. The molecule has 0 spiro atoms. The van der Waals surface area contributed by atoms with Crippen LogP contribution in [0.4, 0.5) is 9.52 Å². The molecule has 0 radical (unpaired) electrons. The van der Waals surface area contributed by atoms with E-state index >= 15 is 0 Å². The molecule has 6 nitrogen and oxygen atoms in total. The van der Waals surface area contributed by atoms with E-state index in [1.54, 1.807) is 36.5 Å². The van der Waals surface area contributed by atoms with Gasteiger partial charge in [0.25, 0.3) is 0 Å². The molecule has 8 heteroatoms. The monoisotopic (exact) mass is 484 g/mol. The van der Waals surface area contributed by atoms with E-state index in [2.05, 4.69) is 34.6 Å². The first kappa shape index (κ1) is 21.5. The fourth-order valence-corrected chi connectivity index (χ4v) is 5.55. The summed E-state index contributed by atoms with van der Waals surface area (Å²) in [7, 11) is 0. The predicted molar refractivity (Wildman–Crippen MR) is 135 cm³/mol. The van der Waals surface area contributed by atoms with Gasteiger partial charge in [0, 0.05) is 12.6 Å². The van der Waals surface area contributed by atoms with Gasteiger partial charge >= 0.3 is 5.97 Å². The number of benzene rings is 3. The van der Waals surface area contributed by atoms with Crippen molar-refractivity contribution in [2.45, 2.75) is 25.4 Å². The maximum Gasteiger partial charge on any atom is 0.335 e. The summed E-state index contributed by atoms with van der Waals surface area (Å²) < 4.78 is 15.4. The number of carboxylic acid groups (broad SMARTS) is 1. The van der Waals surface area contributed by atoms with E-state index in [1.807, 2.05) is 4.57 Å². The number of carboxylic acids is 1. The lowest BCUT2D eigenvalue weighted by Gasteiger charge is -2.10. The van der Waals surface area contributed by atoms with Gasteiger partial charge in [-0.2, -0.15) is 0 Å². The Kier molecular flexibility index (Phi) is 5.30. The molecule has 0 fully saturated rings. The molecule has 2 heterocycles. The highest BCUT2D eigenvalue weighted by Crippen LogP contribution is 2.34. The lowest BCUT2D eigenvalue weighted by Crippen LogP contribution is -2.19. The van der Waals surface area contributed by atoms with Crippen LogP contribution in [-0.4, -0.2) is 31.7 Å². The first-order valence-corrected chi connectivity index (χ1v) is 12.1. The lowest BCUT2D eigenvalue weighted by molar-refractivity contribution is 0.0697. The number of fused-ring (bicyclic) bond motifs is 2. The highest BCUT2D eigenvalue weighted by molar-refractivity contribution is 7.18. The van der Waals surface area contributed by atoms with E-state index in [0.29, 0.717) is 29.4 Å². The molecule has 2 N–H and O–H groups in total. The van der Waals surface area contributed by atoms with E-state index in [4.69, 9.17) is 4.98 Å². The highest BCUT2D eigenvalue weighted by Gasteiger charge is 2.23. The summed E-state index contributed by atoms with van der Waals surface area (Å²) in [6, 6.07) is 20.0. The maximum absolute atomic E-state index is 13.5. The summed E-state index contributed by atoms with van der Waals surface area (Å²) >= 11 is 1.52. The van der Waals surface area contributed by atoms with Crippen molar-refractivity contribution >= 4 is 33.5 Å². The number of nitrogens with one attached hydrogen (secondary N) is 1. The van der Waals surface area contributed by atoms with Gasteiger partial charge < -0.3 is 15.0 Å². The van der Waals surface area contributed by atoms with Crippen molar-refractivity contribution in [3.8, 4) is 10.7 Å². The smallest absolute Gasteiger partial charge is 0.335 e. The van der Waals surface area contributed by atoms with Crippen molar-refractivity contribution in [1.82, 2.24) is 14.5 Å². The lowest BCUT2D eigenvalue weighted by atomic mass is 10.1. The Morgan fingerprint density at radius 3 is 2.54 bits per heavy atom. The quantitative estimate of drug-likeness (QED) is 0.327. The van der Waals surface area contributed by atoms with Crippen LogP contribution in [0.25, 0.3) is 21.7 Å². The molecular formula is C27H21FN4O2S. The molecule has 0 atom stereocenters. The van der Waals surface area contributed by atoms with Crippen LogP contribution in [0.1, 0.15) is 27.0 Å². The number of rotatable bonds is 6. The van der Waals surface area contributed by atoms with Crippen LogP contribution < -0.4 is 5.32 Å². The molecule has 6 rings (SSSR count). The Labute approximate surface area is 204 Å². The average molecular weight is 485 g/mol. The van der Waals surface area contributed by atoms with Gasteiger partial charge in [-0.25, -0.2) is 19.2 Å². The molecule has 1 aliphatic carbocycles. The number of thiazole rings is 1. The highest BCUT2D eigenvalue weighted by atomic mass is 32.1. The number of halogens is 1. The first-order valence-electron chi connectivity index (χ1n) is 11.3. The van der Waals surface area contributed by atoms with E-state index in [1.165, 1.54) is 34.6 Å². The van der Waals surface area contributed by atoms with Crippen LogP contribution in [0.3, 0.4) is 0 Å². The topological polar surface area (TPSA) is 80.0 Å². The standard InChI is InChI=1S/C27H21FN4O2S/c28-20-8-5-16(6-9-20)15-32-23-13-19(26(33)34)7-10-22(23)31-25(32)24-14-29-27(35-24)30-21-11-17-3-1-2-4-18(17)12-21/h1-10,13-14,21H,11-12,15H2,(H,29,30)(H,33,34). The summed E-state index contributed by atoms with van der Waals surface area (Å²) in [6.45, 7) is 0.424. The van der Waals surface area contributed by atoms with Gasteiger partial charge in [-0.1, -0.05) is 47.7 Å². The zero-order chi connectivity index (χ0) is 23.9. The van der Waals surface area contributed by atoms with Gasteiger partial charge in [-0.3, -0.25) is 0 Å². The van der Waals surface area contributed by atoms with Crippen molar-refractivity contribution in [3.63, 3.8) is 0 Å². The van der Waals surface area contributed by atoms with Gasteiger partial charge in [0.05, 0.1) is 27.7 Å². The van der Waals surface area contributed by atoms with Crippen LogP contribution in [-0.2, 0) is 19.4 Å². The summed E-state index contributed by atoms with van der Waals surface area (Å²) in [5.74, 6) is -0.596. The molecule has 0 bridgehead atoms. The van der Waals surface area contributed by atoms with Crippen molar-refractivity contribution in [2.75, 3.05) is 5.32 Å². The second kappa shape index (κ2) is 8.63. The van der Waals surface area contributed by atoms with Gasteiger partial charge in [-0.15, -0.1) is 0 Å². The molecule has 0 amide bonds. The molecule has 2 aromatic heterocycles. The Morgan fingerprint density at radius 1 is 1.09 bits per heavy atom. The predicted octanol–water partition coefficient (Wildman–Crippen LogP) is 5.62. The molecule has 174 valence electrons. The number of aromatic carboxylic acids is 1. The van der Waals surface area contributed by atoms with E-state index in [9.17, 15) is 14.3 Å². The third-order valence-corrected chi connectivity index (χ3v) is 7.28. The van der Waals surface area contributed by atoms with Crippen LogP contribution in [0, 0.1) is 5.82 Å². The molecule has 35 heavy (non-hydrogen) atoms. The zero-order valence-corrected chi connectivity index (χ0v) is 19.4. The van der Waals surface area contributed by atoms with E-state index in [-0.39, 0.29) is 11.4 Å². The summed E-state index contributed by atoms with van der Waals surface area (Å²) in [4.78, 5) is 21.9. The van der Waals surface area contributed by atoms with Gasteiger partial charge in [0.1, 0.15) is 5.82 Å². The largest absolute Gasteiger partial charge is 0.478 e. The number of nitrogens with zero attached hydrogens (tertiary/aromatic N) is 3. The second-order valence-corrected chi connectivity index (χ2v) is 9.74. The molecule has 1 aliphatic rings. The normalized spacial score (nSPS) is 13.3. The minimum atomic E-state index is -0.996. The fourth-order valence-electron chi connectivity index (χ4n) is 4.66. The first-order chi connectivity index (χ1) is 17.0. The number of anilines is 1. The van der Waals surface area contributed by atoms with Crippen LogP contribution >= 0.6 is 11.3 Å². The Balaban J connectivity index is 1.35. The van der Waals surface area contributed by atoms with Crippen LogP contribution in [0.15, 0.2) is 72.9 Å². The zero-order valence-electron chi connectivity index (χ0n) is 18.6. The SMILES string of the molecule is O=C(O)c1ccc2nc(-c3cnc(NC4Cc5ccccc5C4)s3)n(Cc3ccc(F)cc3)c2c1. The van der Waals surface area contributed by atoms with Crippen molar-refractivity contribution in [3.05, 3.63) is 101 Å². The molecule has 0 unspecified atom stereocenters. The van der Waals surface area contributed by atoms with E-state index < -0.39 is 5.97 Å². The third kappa shape index (κ3) is 4.17. The van der Waals surface area contributed by atoms with Gasteiger partial charge in [0.2, 0.25) is 0 Å². The molecule has 5 aromatic rings. The second-order valence-electron chi connectivity index (χ2n) is 8.70. The van der Waals surface area contributed by atoms with Crippen LogP contribution in [0.5, 0.6) is 0 Å². The van der Waals surface area contributed by atoms with Crippen molar-refractivity contribution in [2.24, 2.45) is 0 Å². The summed E-state index contributed by atoms with van der Waals surface area (Å²) in [5, 5.41) is 13.9. The minimum absolute atomic E-state index is 0.191. The van der Waals surface area contributed by atoms with Gasteiger partial charge in [-0.05, 0) is 59.9 Å². The number of carbonyl (C=O) groups is 1. The average Bonchev–Trinajstić information content (AvgIpc) is 3.57. The fraction of sp³-hybridized carbons (Fsp3) is 0.148. The minimum Gasteiger partial charge on any atom is -0.478 e. The number of aromatic nitrogens is 3. The van der Waals surface area contributed by atoms with Gasteiger partial charge in [0.15, 0.2) is 11.0 Å². The Morgan fingerprint density at radius 2 is 1.83 bits per heavy atom. The molecule has 3 aromatic carbocycles. The maximum atomic E-state index is 13.5. The van der Waals surface area contributed by atoms with Crippen molar-refractivity contribution < 1.29 is 14.3 Å². The number of hydrogen-bond acceptors (Lipinski definition) is 5. The Hall–Kier alpha value is -4.04.